The van der Waals surface area contributed by atoms with Crippen LogP contribution in [0.15, 0.2) is 36.4 Å². The van der Waals surface area contributed by atoms with E-state index < -0.39 is 0 Å². The SMILES string of the molecule is COc1cc2nc(-c3ccc(N)cc3)n(CC(C)C)c2cc1OC. The van der Waals surface area contributed by atoms with Gasteiger partial charge in [-0.2, -0.15) is 0 Å². The lowest BCUT2D eigenvalue weighted by atomic mass is 10.1. The summed E-state index contributed by atoms with van der Waals surface area (Å²) in [6.07, 6.45) is 0. The molecule has 2 N–H and O–H groups in total. The summed E-state index contributed by atoms with van der Waals surface area (Å²) in [7, 11) is 3.28. The summed E-state index contributed by atoms with van der Waals surface area (Å²) in [6, 6.07) is 11.7. The Labute approximate surface area is 142 Å². The summed E-state index contributed by atoms with van der Waals surface area (Å²) < 4.78 is 13.1. The van der Waals surface area contributed by atoms with Crippen molar-refractivity contribution >= 4 is 16.7 Å². The maximum atomic E-state index is 5.81. The van der Waals surface area contributed by atoms with Gasteiger partial charge in [0.25, 0.3) is 0 Å². The average Bonchev–Trinajstić information content (AvgIpc) is 2.91. The second kappa shape index (κ2) is 6.43. The molecule has 0 aliphatic carbocycles. The van der Waals surface area contributed by atoms with Crippen molar-refractivity contribution < 1.29 is 9.47 Å². The normalized spacial score (nSPS) is 11.2. The molecule has 24 heavy (non-hydrogen) atoms. The lowest BCUT2D eigenvalue weighted by molar-refractivity contribution is 0.355. The first-order valence-corrected chi connectivity index (χ1v) is 8.01. The number of imidazole rings is 1. The first-order chi connectivity index (χ1) is 11.5. The number of nitrogens with two attached hydrogens (primary N) is 1. The van der Waals surface area contributed by atoms with Crippen molar-refractivity contribution in [3.05, 3.63) is 36.4 Å². The number of fused-ring (bicyclic) bond motifs is 1. The summed E-state index contributed by atoms with van der Waals surface area (Å²) in [6.45, 7) is 5.25. The van der Waals surface area contributed by atoms with Gasteiger partial charge in [-0.05, 0) is 30.2 Å². The fraction of sp³-hybridized carbons (Fsp3) is 0.316. The molecule has 0 bridgehead atoms. The standard InChI is InChI=1S/C19H23N3O2/c1-12(2)11-22-16-10-18(24-4)17(23-3)9-15(16)21-19(22)13-5-7-14(20)8-6-13/h5-10,12H,11,20H2,1-4H3. The van der Waals surface area contributed by atoms with Crippen molar-refractivity contribution in [2.75, 3.05) is 20.0 Å². The molecule has 0 aliphatic heterocycles. The van der Waals surface area contributed by atoms with Crippen molar-refractivity contribution in [2.45, 2.75) is 20.4 Å². The molecule has 0 radical (unpaired) electrons. The minimum atomic E-state index is 0.489. The molecule has 0 saturated heterocycles. The molecule has 0 amide bonds. The number of anilines is 1. The number of hydrogen-bond donors (Lipinski definition) is 1. The molecule has 0 unspecified atom stereocenters. The number of aromatic nitrogens is 2. The van der Waals surface area contributed by atoms with E-state index in [2.05, 4.69) is 18.4 Å². The van der Waals surface area contributed by atoms with E-state index in [0.717, 1.165) is 34.7 Å². The molecule has 0 aliphatic rings. The molecule has 126 valence electrons. The molecule has 0 atom stereocenters. The van der Waals surface area contributed by atoms with Crippen LogP contribution < -0.4 is 15.2 Å². The van der Waals surface area contributed by atoms with E-state index in [-0.39, 0.29) is 0 Å². The Morgan fingerprint density at radius 3 is 2.25 bits per heavy atom. The van der Waals surface area contributed by atoms with Gasteiger partial charge in [0.15, 0.2) is 11.5 Å². The zero-order valence-corrected chi connectivity index (χ0v) is 14.5. The van der Waals surface area contributed by atoms with Gasteiger partial charge in [-0.3, -0.25) is 0 Å². The van der Waals surface area contributed by atoms with Crippen LogP contribution >= 0.6 is 0 Å². The fourth-order valence-electron chi connectivity index (χ4n) is 2.85. The molecule has 3 aromatic rings. The summed E-state index contributed by atoms with van der Waals surface area (Å²) in [5.74, 6) is 2.80. The van der Waals surface area contributed by atoms with E-state index in [4.69, 9.17) is 20.2 Å². The second-order valence-corrected chi connectivity index (χ2v) is 6.26. The Bertz CT molecular complexity index is 851. The highest BCUT2D eigenvalue weighted by Gasteiger charge is 2.17. The van der Waals surface area contributed by atoms with Crippen molar-refractivity contribution in [1.29, 1.82) is 0 Å². The Balaban J connectivity index is 2.25. The lowest BCUT2D eigenvalue weighted by Crippen LogP contribution is -2.06. The van der Waals surface area contributed by atoms with Crippen LogP contribution in [0.25, 0.3) is 22.4 Å². The van der Waals surface area contributed by atoms with Gasteiger partial charge in [0, 0.05) is 29.9 Å². The highest BCUT2D eigenvalue weighted by atomic mass is 16.5. The number of hydrogen-bond acceptors (Lipinski definition) is 4. The Kier molecular flexibility index (Phi) is 4.34. The van der Waals surface area contributed by atoms with Crippen LogP contribution in [0, 0.1) is 5.92 Å². The number of benzene rings is 2. The van der Waals surface area contributed by atoms with Crippen molar-refractivity contribution in [3.63, 3.8) is 0 Å². The van der Waals surface area contributed by atoms with E-state index in [1.807, 2.05) is 36.4 Å². The Hall–Kier alpha value is -2.69. The topological polar surface area (TPSA) is 62.3 Å². The molecule has 0 spiro atoms. The van der Waals surface area contributed by atoms with Crippen LogP contribution in [-0.2, 0) is 6.54 Å². The summed E-state index contributed by atoms with van der Waals surface area (Å²) in [4.78, 5) is 4.84. The Morgan fingerprint density at radius 1 is 1.04 bits per heavy atom. The molecule has 5 nitrogen and oxygen atoms in total. The van der Waals surface area contributed by atoms with Crippen LogP contribution in [0.1, 0.15) is 13.8 Å². The average molecular weight is 325 g/mol. The van der Waals surface area contributed by atoms with Gasteiger partial charge in [0.2, 0.25) is 0 Å². The number of nitrogens with zero attached hydrogens (tertiary/aromatic N) is 2. The highest BCUT2D eigenvalue weighted by Crippen LogP contribution is 2.35. The third kappa shape index (κ3) is 2.89. The van der Waals surface area contributed by atoms with E-state index in [9.17, 15) is 0 Å². The number of methoxy groups -OCH3 is 2. The van der Waals surface area contributed by atoms with E-state index >= 15 is 0 Å². The molecule has 0 fully saturated rings. The number of ether oxygens (including phenoxy) is 2. The fourth-order valence-corrected chi connectivity index (χ4v) is 2.85. The molecular weight excluding hydrogens is 302 g/mol. The molecule has 5 heteroatoms. The van der Waals surface area contributed by atoms with Gasteiger partial charge < -0.3 is 19.8 Å². The van der Waals surface area contributed by atoms with Crippen LogP contribution in [0.5, 0.6) is 11.5 Å². The molecule has 1 aromatic heterocycles. The maximum absolute atomic E-state index is 5.81. The zero-order valence-electron chi connectivity index (χ0n) is 14.5. The third-order valence-corrected chi connectivity index (χ3v) is 3.97. The van der Waals surface area contributed by atoms with Gasteiger partial charge in [-0.25, -0.2) is 4.98 Å². The first kappa shape index (κ1) is 16.2. The van der Waals surface area contributed by atoms with E-state index in [1.54, 1.807) is 14.2 Å². The molecule has 0 saturated carbocycles. The quantitative estimate of drug-likeness (QED) is 0.721. The van der Waals surface area contributed by atoms with Gasteiger partial charge in [0.05, 0.1) is 25.3 Å². The molecule has 3 rings (SSSR count). The largest absolute Gasteiger partial charge is 0.493 e. The van der Waals surface area contributed by atoms with E-state index in [1.165, 1.54) is 0 Å². The first-order valence-electron chi connectivity index (χ1n) is 8.01. The van der Waals surface area contributed by atoms with Crippen LogP contribution in [0.4, 0.5) is 5.69 Å². The van der Waals surface area contributed by atoms with Gasteiger partial charge in [0.1, 0.15) is 5.82 Å². The maximum Gasteiger partial charge on any atom is 0.163 e. The zero-order chi connectivity index (χ0) is 17.3. The number of rotatable bonds is 5. The van der Waals surface area contributed by atoms with E-state index in [0.29, 0.717) is 17.4 Å². The van der Waals surface area contributed by atoms with Gasteiger partial charge in [-0.15, -0.1) is 0 Å². The van der Waals surface area contributed by atoms with Crippen LogP contribution in [0.2, 0.25) is 0 Å². The minimum Gasteiger partial charge on any atom is -0.493 e. The predicted octanol–water partition coefficient (Wildman–Crippen LogP) is 3.96. The second-order valence-electron chi connectivity index (χ2n) is 6.26. The third-order valence-electron chi connectivity index (χ3n) is 3.97. The summed E-state index contributed by atoms with van der Waals surface area (Å²) in [5, 5.41) is 0. The van der Waals surface area contributed by atoms with Gasteiger partial charge in [-0.1, -0.05) is 13.8 Å². The van der Waals surface area contributed by atoms with Crippen LogP contribution in [-0.4, -0.2) is 23.8 Å². The Morgan fingerprint density at radius 2 is 1.67 bits per heavy atom. The highest BCUT2D eigenvalue weighted by molar-refractivity contribution is 5.84. The molecule has 2 aromatic carbocycles. The summed E-state index contributed by atoms with van der Waals surface area (Å²) >= 11 is 0. The van der Waals surface area contributed by atoms with Crippen molar-refractivity contribution in [2.24, 2.45) is 5.92 Å². The number of nitrogen functional groups attached to an aromatic ring is 1. The predicted molar refractivity (Wildman–Crippen MR) is 97.5 cm³/mol. The van der Waals surface area contributed by atoms with Crippen molar-refractivity contribution in [1.82, 2.24) is 9.55 Å². The van der Waals surface area contributed by atoms with Crippen LogP contribution in [0.3, 0.4) is 0 Å². The van der Waals surface area contributed by atoms with Crippen molar-refractivity contribution in [3.8, 4) is 22.9 Å². The minimum absolute atomic E-state index is 0.489. The lowest BCUT2D eigenvalue weighted by Gasteiger charge is -2.13. The smallest absolute Gasteiger partial charge is 0.163 e. The molecular formula is C19H23N3O2. The summed E-state index contributed by atoms with van der Waals surface area (Å²) in [5.41, 5.74) is 9.52. The monoisotopic (exact) mass is 325 g/mol. The van der Waals surface area contributed by atoms with Gasteiger partial charge >= 0.3 is 0 Å². The molecule has 1 heterocycles.